The molecule has 0 unspecified atom stereocenters. The molecule has 7 heteroatoms. The van der Waals surface area contributed by atoms with Crippen LogP contribution < -0.4 is 5.73 Å². The summed E-state index contributed by atoms with van der Waals surface area (Å²) in [4.78, 5) is 22.1. The molecule has 0 aliphatic carbocycles. The highest BCUT2D eigenvalue weighted by molar-refractivity contribution is 6.67. The topological polar surface area (TPSA) is 95.4 Å². The third kappa shape index (κ3) is 4.94. The van der Waals surface area contributed by atoms with Gasteiger partial charge in [0, 0.05) is 11.1 Å². The molecule has 3 aromatic rings. The van der Waals surface area contributed by atoms with Crippen molar-refractivity contribution in [1.82, 2.24) is 5.16 Å². The molecule has 0 atom stereocenters. The van der Waals surface area contributed by atoms with E-state index in [0.29, 0.717) is 11.3 Å². The van der Waals surface area contributed by atoms with Crippen LogP contribution in [0.4, 0.5) is 5.88 Å². The minimum Gasteiger partial charge on any atom is -0.462 e. The molecule has 3 rings (SSSR count). The number of hydrogen-bond acceptors (Lipinski definition) is 6. The third-order valence-electron chi connectivity index (χ3n) is 3.25. The Morgan fingerprint density at radius 3 is 2.15 bits per heavy atom. The lowest BCUT2D eigenvalue weighted by Gasteiger charge is -2.01. The fraction of sp³-hybridized carbons (Fsp3) is 0.105. The first-order chi connectivity index (χ1) is 12.5. The molecule has 2 aromatic carbocycles. The second-order valence-electron chi connectivity index (χ2n) is 5.00. The van der Waals surface area contributed by atoms with Crippen LogP contribution in [-0.2, 0) is 4.74 Å². The highest BCUT2D eigenvalue weighted by atomic mass is 35.5. The van der Waals surface area contributed by atoms with Gasteiger partial charge in [-0.3, -0.25) is 4.79 Å². The van der Waals surface area contributed by atoms with Gasteiger partial charge in [0.05, 0.1) is 6.61 Å². The molecule has 1 aromatic heterocycles. The Hall–Kier alpha value is -3.12. The number of rotatable bonds is 4. The summed E-state index contributed by atoms with van der Waals surface area (Å²) in [5, 5.41) is 3.38. The summed E-state index contributed by atoms with van der Waals surface area (Å²) < 4.78 is 9.75. The number of esters is 1. The number of anilines is 1. The fourth-order valence-corrected chi connectivity index (χ4v) is 2.19. The molecule has 0 amide bonds. The number of nitrogens with two attached hydrogens (primary N) is 1. The number of benzene rings is 2. The van der Waals surface area contributed by atoms with E-state index in [0.717, 1.165) is 5.56 Å². The van der Waals surface area contributed by atoms with E-state index in [-0.39, 0.29) is 18.1 Å². The highest BCUT2D eigenvalue weighted by Crippen LogP contribution is 2.27. The molecule has 0 aliphatic heterocycles. The molecule has 0 spiro atoms. The maximum atomic E-state index is 11.7. The van der Waals surface area contributed by atoms with Crippen molar-refractivity contribution in [1.29, 1.82) is 0 Å². The lowest BCUT2D eigenvalue weighted by Crippen LogP contribution is -2.07. The normalized spacial score (nSPS) is 9.77. The number of halogens is 1. The second-order valence-corrected chi connectivity index (χ2v) is 5.34. The standard InChI is InChI=1S/C12H12N2O3.C7H5ClO/c1-2-16-12(15)9-10(14-17-11(9)13)8-6-4-3-5-7-8;8-7(9)6-4-2-1-3-5-6/h3-7H,2,13H2,1H3;1-5H. The minimum absolute atomic E-state index is 0.0256. The molecule has 0 aliphatic rings. The quantitative estimate of drug-likeness (QED) is 0.545. The Balaban J connectivity index is 0.000000228. The molecule has 0 fully saturated rings. The average molecular weight is 373 g/mol. The molecule has 0 saturated carbocycles. The minimum atomic E-state index is -0.523. The number of nitrogen functional groups attached to an aromatic ring is 1. The van der Waals surface area contributed by atoms with Crippen LogP contribution in [0.1, 0.15) is 27.6 Å². The van der Waals surface area contributed by atoms with E-state index in [2.05, 4.69) is 5.16 Å². The van der Waals surface area contributed by atoms with Gasteiger partial charge in [-0.2, -0.15) is 0 Å². The monoisotopic (exact) mass is 372 g/mol. The predicted octanol–water partition coefficient (Wildman–Crippen LogP) is 4.17. The molecule has 0 radical (unpaired) electrons. The zero-order valence-corrected chi connectivity index (χ0v) is 14.8. The third-order valence-corrected chi connectivity index (χ3v) is 3.46. The van der Waals surface area contributed by atoms with E-state index < -0.39 is 11.2 Å². The predicted molar refractivity (Wildman–Crippen MR) is 98.9 cm³/mol. The van der Waals surface area contributed by atoms with E-state index in [1.54, 1.807) is 31.2 Å². The van der Waals surface area contributed by atoms with Gasteiger partial charge in [0.2, 0.25) is 5.88 Å². The Labute approximate surface area is 155 Å². The van der Waals surface area contributed by atoms with Crippen LogP contribution >= 0.6 is 11.6 Å². The van der Waals surface area contributed by atoms with Crippen molar-refractivity contribution in [3.8, 4) is 11.3 Å². The highest BCUT2D eigenvalue weighted by Gasteiger charge is 2.23. The van der Waals surface area contributed by atoms with Crippen LogP contribution in [0.5, 0.6) is 0 Å². The van der Waals surface area contributed by atoms with Gasteiger partial charge >= 0.3 is 5.97 Å². The van der Waals surface area contributed by atoms with Crippen LogP contribution in [0.2, 0.25) is 0 Å². The molecule has 0 saturated heterocycles. The molecule has 6 nitrogen and oxygen atoms in total. The van der Waals surface area contributed by atoms with Crippen LogP contribution in [-0.4, -0.2) is 23.0 Å². The number of hydrogen-bond donors (Lipinski definition) is 1. The van der Waals surface area contributed by atoms with Gasteiger partial charge < -0.3 is 15.0 Å². The molecule has 2 N–H and O–H groups in total. The summed E-state index contributed by atoms with van der Waals surface area (Å²) in [6.45, 7) is 2.00. The van der Waals surface area contributed by atoms with Gasteiger partial charge in [-0.25, -0.2) is 4.79 Å². The largest absolute Gasteiger partial charge is 0.462 e. The number of aromatic nitrogens is 1. The summed E-state index contributed by atoms with van der Waals surface area (Å²) in [7, 11) is 0. The molecule has 0 bridgehead atoms. The van der Waals surface area contributed by atoms with Crippen LogP contribution in [0.25, 0.3) is 11.3 Å². The van der Waals surface area contributed by atoms with Crippen molar-refractivity contribution in [2.75, 3.05) is 12.3 Å². The van der Waals surface area contributed by atoms with Gasteiger partial charge in [0.25, 0.3) is 5.24 Å². The molecule has 26 heavy (non-hydrogen) atoms. The van der Waals surface area contributed by atoms with Gasteiger partial charge in [0.1, 0.15) is 5.69 Å². The van der Waals surface area contributed by atoms with Crippen LogP contribution in [0.15, 0.2) is 65.2 Å². The average Bonchev–Trinajstić information content (AvgIpc) is 3.05. The maximum absolute atomic E-state index is 11.7. The second kappa shape index (κ2) is 9.39. The van der Waals surface area contributed by atoms with Crippen molar-refractivity contribution >= 4 is 28.7 Å². The zero-order valence-electron chi connectivity index (χ0n) is 14.0. The van der Waals surface area contributed by atoms with Gasteiger partial charge in [-0.15, -0.1) is 0 Å². The Morgan fingerprint density at radius 2 is 1.65 bits per heavy atom. The smallest absolute Gasteiger partial charge is 0.346 e. The van der Waals surface area contributed by atoms with Gasteiger partial charge in [-0.05, 0) is 18.5 Å². The Kier molecular flexibility index (Phi) is 6.93. The van der Waals surface area contributed by atoms with E-state index in [9.17, 15) is 9.59 Å². The van der Waals surface area contributed by atoms with Gasteiger partial charge in [0.15, 0.2) is 5.56 Å². The summed E-state index contributed by atoms with van der Waals surface area (Å²) in [5.41, 5.74) is 7.46. The zero-order chi connectivity index (χ0) is 18.9. The molecule has 134 valence electrons. The lowest BCUT2D eigenvalue weighted by molar-refractivity contribution is 0.0528. The number of ether oxygens (including phenoxy) is 1. The molecular weight excluding hydrogens is 356 g/mol. The van der Waals surface area contributed by atoms with Crippen molar-refractivity contribution < 1.29 is 18.8 Å². The lowest BCUT2D eigenvalue weighted by atomic mass is 10.1. The number of nitrogens with zero attached hydrogens (tertiary/aromatic N) is 1. The van der Waals surface area contributed by atoms with Crippen molar-refractivity contribution in [3.63, 3.8) is 0 Å². The van der Waals surface area contributed by atoms with E-state index in [1.807, 2.05) is 36.4 Å². The summed E-state index contributed by atoms with van der Waals surface area (Å²) >= 11 is 5.16. The van der Waals surface area contributed by atoms with Crippen molar-refractivity contribution in [2.24, 2.45) is 0 Å². The Morgan fingerprint density at radius 1 is 1.08 bits per heavy atom. The number of carbonyl (C=O) groups is 2. The fourth-order valence-electron chi connectivity index (χ4n) is 2.07. The summed E-state index contributed by atoms with van der Waals surface area (Å²) in [6.07, 6.45) is 0. The van der Waals surface area contributed by atoms with Crippen LogP contribution in [0.3, 0.4) is 0 Å². The van der Waals surface area contributed by atoms with Crippen molar-refractivity contribution in [2.45, 2.75) is 6.92 Å². The first-order valence-corrected chi connectivity index (χ1v) is 8.15. The van der Waals surface area contributed by atoms with E-state index in [4.69, 9.17) is 26.6 Å². The number of carbonyl (C=O) groups excluding carboxylic acids is 2. The molecule has 1 heterocycles. The van der Waals surface area contributed by atoms with Crippen molar-refractivity contribution in [3.05, 3.63) is 71.8 Å². The van der Waals surface area contributed by atoms with E-state index >= 15 is 0 Å². The molecular formula is C19H17ClN2O4. The Bertz CT molecular complexity index is 864. The van der Waals surface area contributed by atoms with E-state index in [1.165, 1.54) is 0 Å². The summed E-state index contributed by atoms with van der Waals surface area (Å²) in [6, 6.07) is 17.9. The maximum Gasteiger partial charge on any atom is 0.346 e. The van der Waals surface area contributed by atoms with Gasteiger partial charge in [-0.1, -0.05) is 65.8 Å². The summed E-state index contributed by atoms with van der Waals surface area (Å²) in [5.74, 6) is -0.549. The first-order valence-electron chi connectivity index (χ1n) is 7.77. The SMILES string of the molecule is CCOC(=O)c1c(-c2ccccc2)noc1N.O=C(Cl)c1ccccc1. The van der Waals surface area contributed by atoms with Crippen LogP contribution in [0, 0.1) is 0 Å². The first kappa shape index (κ1) is 19.2.